The normalized spacial score (nSPS) is 17.4. The van der Waals surface area contributed by atoms with Gasteiger partial charge < -0.3 is 10.0 Å². The molecule has 1 saturated heterocycles. The van der Waals surface area contributed by atoms with Gasteiger partial charge in [-0.2, -0.15) is 0 Å². The van der Waals surface area contributed by atoms with Crippen molar-refractivity contribution in [1.29, 1.82) is 0 Å². The molecule has 1 aliphatic heterocycles. The summed E-state index contributed by atoms with van der Waals surface area (Å²) in [6.45, 7) is 3.46. The lowest BCUT2D eigenvalue weighted by Crippen LogP contribution is -2.52. The number of nitrogens with zero attached hydrogens (tertiary/aromatic N) is 2. The van der Waals surface area contributed by atoms with E-state index in [1.807, 2.05) is 5.01 Å². The second kappa shape index (κ2) is 6.65. The molecule has 1 amide bonds. The molecule has 1 fully saturated rings. The van der Waals surface area contributed by atoms with Crippen molar-refractivity contribution in [1.82, 2.24) is 15.3 Å². The van der Waals surface area contributed by atoms with Crippen molar-refractivity contribution >= 4 is 29.3 Å². The van der Waals surface area contributed by atoms with E-state index in [0.29, 0.717) is 5.56 Å². The van der Waals surface area contributed by atoms with E-state index in [-0.39, 0.29) is 5.91 Å². The summed E-state index contributed by atoms with van der Waals surface area (Å²) in [4.78, 5) is 25.4. The Morgan fingerprint density at radius 3 is 2.70 bits per heavy atom. The molecule has 2 rings (SSSR count). The minimum absolute atomic E-state index is 0.152. The minimum atomic E-state index is -0.998. The van der Waals surface area contributed by atoms with Gasteiger partial charge in [-0.05, 0) is 19.2 Å². The van der Waals surface area contributed by atoms with E-state index in [2.05, 4.69) is 17.4 Å². The van der Waals surface area contributed by atoms with E-state index >= 15 is 0 Å². The van der Waals surface area contributed by atoms with Gasteiger partial charge in [-0.1, -0.05) is 0 Å². The molecule has 7 heteroatoms. The lowest BCUT2D eigenvalue weighted by atomic mass is 10.3. The van der Waals surface area contributed by atoms with Gasteiger partial charge in [-0.3, -0.25) is 10.2 Å². The zero-order valence-corrected chi connectivity index (χ0v) is 12.0. The molecule has 6 nitrogen and oxygen atoms in total. The minimum Gasteiger partial charge on any atom is -0.478 e. The number of carbonyl (C=O) groups excluding carboxylic acids is 1. The number of hydrogen-bond donors (Lipinski definition) is 2. The predicted octanol–water partition coefficient (Wildman–Crippen LogP) is 0.738. The summed E-state index contributed by atoms with van der Waals surface area (Å²) in [5.74, 6) is -1.15. The Hall–Kier alpha value is -1.70. The van der Waals surface area contributed by atoms with Crippen LogP contribution in [-0.4, -0.2) is 60.1 Å². The first-order chi connectivity index (χ1) is 9.54. The quantitative estimate of drug-likeness (QED) is 0.802. The fourth-order valence-corrected chi connectivity index (χ4v) is 2.62. The summed E-state index contributed by atoms with van der Waals surface area (Å²) in [5.41, 5.74) is 3.42. The van der Waals surface area contributed by atoms with Crippen LogP contribution in [0.25, 0.3) is 6.08 Å². The molecule has 0 bridgehead atoms. The van der Waals surface area contributed by atoms with Crippen LogP contribution in [0.4, 0.5) is 0 Å². The van der Waals surface area contributed by atoms with Crippen molar-refractivity contribution in [2.24, 2.45) is 0 Å². The standard InChI is InChI=1S/C13H17N3O3S/c1-15-4-6-16(7-5-15)14-13(19)10-8-11(20-9-10)2-3-12(17)18/h2-3,8-9H,4-7H2,1H3,(H,14,19)(H,17,18)/b3-2+. The molecular formula is C13H17N3O3S. The zero-order chi connectivity index (χ0) is 14.5. The molecule has 2 N–H and O–H groups in total. The molecule has 0 saturated carbocycles. The highest BCUT2D eigenvalue weighted by molar-refractivity contribution is 7.11. The van der Waals surface area contributed by atoms with Crippen LogP contribution in [-0.2, 0) is 4.79 Å². The number of thiophene rings is 1. The summed E-state index contributed by atoms with van der Waals surface area (Å²) < 4.78 is 0. The third-order valence-corrected chi connectivity index (χ3v) is 3.93. The van der Waals surface area contributed by atoms with Crippen LogP contribution in [0.2, 0.25) is 0 Å². The number of piperazine rings is 1. The summed E-state index contributed by atoms with van der Waals surface area (Å²) >= 11 is 1.34. The average molecular weight is 295 g/mol. The molecular weight excluding hydrogens is 278 g/mol. The summed E-state index contributed by atoms with van der Waals surface area (Å²) in [7, 11) is 2.05. The first kappa shape index (κ1) is 14.7. The van der Waals surface area contributed by atoms with Gasteiger partial charge in [0.2, 0.25) is 0 Å². The Kier molecular flexibility index (Phi) is 4.89. The van der Waals surface area contributed by atoms with E-state index in [9.17, 15) is 9.59 Å². The number of carboxylic acids is 1. The molecule has 0 spiro atoms. The smallest absolute Gasteiger partial charge is 0.328 e. The maximum atomic E-state index is 12.0. The number of carbonyl (C=O) groups is 2. The van der Waals surface area contributed by atoms with Crippen molar-refractivity contribution in [2.45, 2.75) is 0 Å². The Morgan fingerprint density at radius 1 is 1.35 bits per heavy atom. The fraction of sp³-hybridized carbons (Fsp3) is 0.385. The van der Waals surface area contributed by atoms with Gasteiger partial charge in [0.25, 0.3) is 5.91 Å². The summed E-state index contributed by atoms with van der Waals surface area (Å²) in [5, 5.41) is 12.2. The number of rotatable bonds is 4. The van der Waals surface area contributed by atoms with Crippen LogP contribution in [0.1, 0.15) is 15.2 Å². The third-order valence-electron chi connectivity index (χ3n) is 3.04. The molecule has 20 heavy (non-hydrogen) atoms. The number of hydrogen-bond acceptors (Lipinski definition) is 5. The van der Waals surface area contributed by atoms with E-state index in [1.54, 1.807) is 11.4 Å². The lowest BCUT2D eigenvalue weighted by Gasteiger charge is -2.32. The highest BCUT2D eigenvalue weighted by Gasteiger charge is 2.17. The maximum Gasteiger partial charge on any atom is 0.328 e. The Balaban J connectivity index is 1.91. The van der Waals surface area contributed by atoms with Crippen LogP contribution in [0.3, 0.4) is 0 Å². The van der Waals surface area contributed by atoms with E-state index < -0.39 is 5.97 Å². The molecule has 1 aliphatic rings. The van der Waals surface area contributed by atoms with Crippen LogP contribution < -0.4 is 5.43 Å². The molecule has 1 aromatic heterocycles. The highest BCUT2D eigenvalue weighted by atomic mass is 32.1. The van der Waals surface area contributed by atoms with Crippen LogP contribution in [0.15, 0.2) is 17.5 Å². The van der Waals surface area contributed by atoms with E-state index in [4.69, 9.17) is 5.11 Å². The van der Waals surface area contributed by atoms with Crippen molar-refractivity contribution in [2.75, 3.05) is 33.2 Å². The van der Waals surface area contributed by atoms with Crippen LogP contribution in [0.5, 0.6) is 0 Å². The Labute approximate surface area is 121 Å². The molecule has 0 atom stereocenters. The molecule has 108 valence electrons. The highest BCUT2D eigenvalue weighted by Crippen LogP contribution is 2.16. The first-order valence-corrected chi connectivity index (χ1v) is 7.16. The number of aliphatic carboxylic acids is 1. The monoisotopic (exact) mass is 295 g/mol. The van der Waals surface area contributed by atoms with Gasteiger partial charge in [0, 0.05) is 42.5 Å². The van der Waals surface area contributed by atoms with Gasteiger partial charge in [0.05, 0.1) is 5.56 Å². The largest absolute Gasteiger partial charge is 0.478 e. The van der Waals surface area contributed by atoms with Crippen molar-refractivity contribution in [3.63, 3.8) is 0 Å². The molecule has 2 heterocycles. The number of carboxylic acid groups (broad SMARTS) is 1. The molecule has 0 unspecified atom stereocenters. The average Bonchev–Trinajstić information content (AvgIpc) is 2.88. The Morgan fingerprint density at radius 2 is 2.05 bits per heavy atom. The lowest BCUT2D eigenvalue weighted by molar-refractivity contribution is -0.131. The van der Waals surface area contributed by atoms with Gasteiger partial charge >= 0.3 is 5.97 Å². The zero-order valence-electron chi connectivity index (χ0n) is 11.2. The number of likely N-dealkylation sites (N-methyl/N-ethyl adjacent to an activating group) is 1. The molecule has 1 aromatic rings. The number of amides is 1. The van der Waals surface area contributed by atoms with Crippen molar-refractivity contribution in [3.8, 4) is 0 Å². The second-order valence-electron chi connectivity index (χ2n) is 4.64. The van der Waals surface area contributed by atoms with Gasteiger partial charge in [-0.25, -0.2) is 9.80 Å². The van der Waals surface area contributed by atoms with Crippen molar-refractivity contribution < 1.29 is 14.7 Å². The predicted molar refractivity (Wildman–Crippen MR) is 77.5 cm³/mol. The van der Waals surface area contributed by atoms with Crippen LogP contribution in [0, 0.1) is 0 Å². The number of nitrogens with one attached hydrogen (secondary N) is 1. The van der Waals surface area contributed by atoms with Crippen molar-refractivity contribution in [3.05, 3.63) is 28.0 Å². The first-order valence-electron chi connectivity index (χ1n) is 6.28. The Bertz CT molecular complexity index is 519. The third kappa shape index (κ3) is 4.16. The van der Waals surface area contributed by atoms with E-state index in [0.717, 1.165) is 37.1 Å². The topological polar surface area (TPSA) is 72.9 Å². The molecule has 0 aliphatic carbocycles. The second-order valence-corrected chi connectivity index (χ2v) is 5.58. The summed E-state index contributed by atoms with van der Waals surface area (Å²) in [6, 6.07) is 1.69. The summed E-state index contributed by atoms with van der Waals surface area (Å²) in [6.07, 6.45) is 2.55. The number of hydrazine groups is 1. The molecule has 0 aromatic carbocycles. The van der Waals surface area contributed by atoms with E-state index in [1.165, 1.54) is 17.4 Å². The van der Waals surface area contributed by atoms with Crippen LogP contribution >= 0.6 is 11.3 Å². The molecule has 0 radical (unpaired) electrons. The van der Waals surface area contributed by atoms with Gasteiger partial charge in [-0.15, -0.1) is 11.3 Å². The van der Waals surface area contributed by atoms with Gasteiger partial charge in [0.1, 0.15) is 0 Å². The SMILES string of the molecule is CN1CCN(NC(=O)c2csc(/C=C/C(=O)O)c2)CC1. The van der Waals surface area contributed by atoms with Gasteiger partial charge in [0.15, 0.2) is 0 Å². The fourth-order valence-electron chi connectivity index (χ4n) is 1.84. The maximum absolute atomic E-state index is 12.0.